The van der Waals surface area contributed by atoms with E-state index in [0.29, 0.717) is 0 Å². The number of hydrogen-bond acceptors (Lipinski definition) is 1. The summed E-state index contributed by atoms with van der Waals surface area (Å²) in [4.78, 5) is 2.48. The first-order valence-corrected chi connectivity index (χ1v) is 21.9. The number of fused-ring (bicyclic) bond motifs is 4. The highest BCUT2D eigenvalue weighted by molar-refractivity contribution is 6.10. The fourth-order valence-corrected chi connectivity index (χ4v) is 9.20. The first-order chi connectivity index (χ1) is 30.8. The van der Waals surface area contributed by atoms with Crippen molar-refractivity contribution in [1.29, 1.82) is 0 Å². The Kier molecular flexibility index (Phi) is 10.6. The molecule has 1 heterocycles. The minimum Gasteiger partial charge on any atom is -0.310 e. The van der Waals surface area contributed by atoms with Crippen molar-refractivity contribution in [3.8, 4) is 39.1 Å². The maximum atomic E-state index is 2.48. The van der Waals surface area contributed by atoms with Crippen LogP contribution in [0.1, 0.15) is 32.3 Å². The topological polar surface area (TPSA) is 8.17 Å². The third-order valence-corrected chi connectivity index (χ3v) is 12.0. The number of aromatic nitrogens is 1. The van der Waals surface area contributed by atoms with E-state index in [1.807, 2.05) is 13.8 Å². The molecule has 0 N–H and O–H groups in total. The Morgan fingerprint density at radius 3 is 1.66 bits per heavy atom. The van der Waals surface area contributed by atoms with Crippen LogP contribution in [-0.2, 0) is 0 Å². The van der Waals surface area contributed by atoms with Crippen molar-refractivity contribution in [3.63, 3.8) is 0 Å². The van der Waals surface area contributed by atoms with Gasteiger partial charge in [0.2, 0.25) is 0 Å². The van der Waals surface area contributed by atoms with Crippen molar-refractivity contribution < 1.29 is 0 Å². The van der Waals surface area contributed by atoms with Gasteiger partial charge in [-0.25, -0.2) is 0 Å². The smallest absolute Gasteiger partial charge is 0.0547 e. The summed E-state index contributed by atoms with van der Waals surface area (Å²) in [5.74, 6) is 0. The first-order valence-electron chi connectivity index (χ1n) is 21.9. The summed E-state index contributed by atoms with van der Waals surface area (Å²) in [7, 11) is 0. The molecule has 298 valence electrons. The maximum absolute atomic E-state index is 2.48. The number of hydrogen-bond donors (Lipinski definition) is 0. The van der Waals surface area contributed by atoms with Crippen molar-refractivity contribution in [2.75, 3.05) is 4.90 Å². The van der Waals surface area contributed by atoms with Crippen LogP contribution in [0.2, 0.25) is 0 Å². The van der Waals surface area contributed by atoms with E-state index in [2.05, 4.69) is 240 Å². The van der Waals surface area contributed by atoms with Crippen molar-refractivity contribution in [3.05, 3.63) is 242 Å². The molecule has 0 aliphatic heterocycles. The van der Waals surface area contributed by atoms with Crippen LogP contribution in [-0.4, -0.2) is 4.57 Å². The maximum Gasteiger partial charge on any atom is 0.0547 e. The number of nitrogens with zero attached hydrogens (tertiary/aromatic N) is 2. The van der Waals surface area contributed by atoms with Gasteiger partial charge in [0.05, 0.1) is 16.7 Å². The lowest BCUT2D eigenvalue weighted by Crippen LogP contribution is -2.19. The molecule has 2 nitrogen and oxygen atoms in total. The molecule has 0 spiro atoms. The van der Waals surface area contributed by atoms with Gasteiger partial charge in [-0.1, -0.05) is 202 Å². The normalized spacial score (nSPS) is 12.4. The zero-order valence-electron chi connectivity index (χ0n) is 35.2. The average molecular weight is 797 g/mol. The second-order valence-electron chi connectivity index (χ2n) is 15.6. The minimum atomic E-state index is 0.977. The lowest BCUT2D eigenvalue weighted by atomic mass is 9.93. The number of benzene rings is 9. The van der Waals surface area contributed by atoms with Crippen LogP contribution in [0, 0.1) is 0 Å². The minimum absolute atomic E-state index is 0.977. The molecule has 62 heavy (non-hydrogen) atoms. The van der Waals surface area contributed by atoms with Crippen LogP contribution in [0.3, 0.4) is 0 Å². The molecule has 10 aromatic rings. The first kappa shape index (κ1) is 38.5. The van der Waals surface area contributed by atoms with Gasteiger partial charge in [-0.3, -0.25) is 0 Å². The fourth-order valence-electron chi connectivity index (χ4n) is 9.20. The molecule has 0 fully saturated rings. The Morgan fingerprint density at radius 2 is 0.919 bits per heavy atom. The third kappa shape index (κ3) is 7.10. The van der Waals surface area contributed by atoms with E-state index in [9.17, 15) is 0 Å². The van der Waals surface area contributed by atoms with Gasteiger partial charge in [0.1, 0.15) is 0 Å². The molecule has 0 unspecified atom stereocenters. The molecule has 0 saturated carbocycles. The average Bonchev–Trinajstić information content (AvgIpc) is 3.69. The van der Waals surface area contributed by atoms with E-state index in [1.54, 1.807) is 0 Å². The standard InChI is InChI=1S/C58H42N2.C2H6/c1-3-16-41(17-4-1)42-30-35-47(36-31-42)59(56-29-15-21-44-20-7-8-24-51(44)56)55-27-13-11-25-52(55)46-34-39-54-53-26-12-14-28-57(53)60(58(54)40-46)48-37-32-45(33-38-48)50-23-10-9-22-49(50)43-18-5-2-6-19-43;1-2/h1-10,12,14-40H,11,13H2;1-2H3. The number of anilines is 2. The van der Waals surface area contributed by atoms with Crippen LogP contribution in [0.5, 0.6) is 0 Å². The summed E-state index contributed by atoms with van der Waals surface area (Å²) < 4.78 is 2.44. The summed E-state index contributed by atoms with van der Waals surface area (Å²) >= 11 is 0. The SMILES string of the molecule is C1=C(c2ccc3c4ccccc4n(-c4ccc(-c5ccccc5-c5ccccc5)cc4)c3c2)C(N(c2ccc(-c3ccccc3)cc2)c2cccc3ccccc23)=CCC1.CC. The molecule has 2 heteroatoms. The monoisotopic (exact) mass is 796 g/mol. The summed E-state index contributed by atoms with van der Waals surface area (Å²) in [6.07, 6.45) is 6.85. The van der Waals surface area contributed by atoms with E-state index >= 15 is 0 Å². The molecule has 1 aliphatic rings. The van der Waals surface area contributed by atoms with Crippen LogP contribution in [0.4, 0.5) is 11.4 Å². The largest absolute Gasteiger partial charge is 0.310 e. The quantitative estimate of drug-likeness (QED) is 0.149. The second kappa shape index (κ2) is 17.1. The highest BCUT2D eigenvalue weighted by Gasteiger charge is 2.24. The van der Waals surface area contributed by atoms with Gasteiger partial charge in [0.15, 0.2) is 0 Å². The Morgan fingerprint density at radius 1 is 0.387 bits per heavy atom. The molecule has 0 saturated heterocycles. The molecule has 1 aromatic heterocycles. The summed E-state index contributed by atoms with van der Waals surface area (Å²) in [5, 5.41) is 4.95. The van der Waals surface area contributed by atoms with Crippen molar-refractivity contribution in [2.45, 2.75) is 26.7 Å². The van der Waals surface area contributed by atoms with Crippen LogP contribution in [0.25, 0.3) is 77.2 Å². The van der Waals surface area contributed by atoms with Crippen LogP contribution >= 0.6 is 0 Å². The molecule has 0 bridgehead atoms. The summed E-state index contributed by atoms with van der Waals surface area (Å²) in [6.45, 7) is 4.00. The molecule has 0 atom stereocenters. The molecule has 0 amide bonds. The Balaban J connectivity index is 0.00000226. The Labute approximate surface area is 365 Å². The predicted octanol–water partition coefficient (Wildman–Crippen LogP) is 16.9. The van der Waals surface area contributed by atoms with E-state index in [1.165, 1.54) is 88.5 Å². The van der Waals surface area contributed by atoms with Crippen LogP contribution < -0.4 is 4.90 Å². The highest BCUT2D eigenvalue weighted by atomic mass is 15.2. The van der Waals surface area contributed by atoms with Crippen molar-refractivity contribution in [1.82, 2.24) is 4.57 Å². The Bertz CT molecular complexity index is 3220. The zero-order chi connectivity index (χ0) is 41.8. The lowest BCUT2D eigenvalue weighted by Gasteiger charge is -2.32. The summed E-state index contributed by atoms with van der Waals surface area (Å²) in [5.41, 5.74) is 16.8. The third-order valence-electron chi connectivity index (χ3n) is 12.0. The van der Waals surface area contributed by atoms with Gasteiger partial charge in [-0.2, -0.15) is 0 Å². The summed E-state index contributed by atoms with van der Waals surface area (Å²) in [6, 6.07) is 79.5. The molecular formula is C60H48N2. The van der Waals surface area contributed by atoms with E-state index < -0.39 is 0 Å². The Hall–Kier alpha value is -7.68. The molecule has 0 radical (unpaired) electrons. The van der Waals surface area contributed by atoms with Crippen LogP contribution in [0.15, 0.2) is 236 Å². The lowest BCUT2D eigenvalue weighted by molar-refractivity contribution is 1.01. The zero-order valence-corrected chi connectivity index (χ0v) is 35.2. The van der Waals surface area contributed by atoms with Gasteiger partial charge in [0, 0.05) is 38.8 Å². The van der Waals surface area contributed by atoms with Gasteiger partial charge < -0.3 is 9.47 Å². The molecule has 9 aromatic carbocycles. The fraction of sp³-hybridized carbons (Fsp3) is 0.0667. The van der Waals surface area contributed by atoms with Gasteiger partial charge in [-0.05, 0) is 99.6 Å². The number of para-hydroxylation sites is 1. The van der Waals surface area contributed by atoms with Gasteiger partial charge >= 0.3 is 0 Å². The van der Waals surface area contributed by atoms with E-state index in [-0.39, 0.29) is 0 Å². The molecule has 11 rings (SSSR count). The number of rotatable bonds is 8. The van der Waals surface area contributed by atoms with Crippen molar-refractivity contribution in [2.24, 2.45) is 0 Å². The predicted molar refractivity (Wildman–Crippen MR) is 266 cm³/mol. The van der Waals surface area contributed by atoms with Crippen molar-refractivity contribution >= 4 is 49.5 Å². The van der Waals surface area contributed by atoms with Gasteiger partial charge in [-0.15, -0.1) is 0 Å². The van der Waals surface area contributed by atoms with E-state index in [0.717, 1.165) is 24.2 Å². The highest BCUT2D eigenvalue weighted by Crippen LogP contribution is 2.44. The van der Waals surface area contributed by atoms with E-state index in [4.69, 9.17) is 0 Å². The molecular weight excluding hydrogens is 749 g/mol. The number of allylic oxidation sites excluding steroid dienone is 3. The second-order valence-corrected chi connectivity index (χ2v) is 15.6. The molecule has 1 aliphatic carbocycles. The van der Waals surface area contributed by atoms with Gasteiger partial charge in [0.25, 0.3) is 0 Å².